The maximum absolute atomic E-state index is 12.1. The van der Waals surface area contributed by atoms with E-state index in [1.165, 1.54) is 4.90 Å². The van der Waals surface area contributed by atoms with Gasteiger partial charge in [-0.15, -0.1) is 10.2 Å². The Labute approximate surface area is 166 Å². The van der Waals surface area contributed by atoms with Gasteiger partial charge < -0.3 is 19.6 Å². The van der Waals surface area contributed by atoms with Crippen LogP contribution in [0.5, 0.6) is 0 Å². The molecule has 0 aliphatic heterocycles. The summed E-state index contributed by atoms with van der Waals surface area (Å²) in [7, 11) is 5.31. The largest absolute Gasteiger partial charge is 0.413 e. The minimum Gasteiger partial charge on any atom is -0.413 e. The predicted molar refractivity (Wildman–Crippen MR) is 108 cm³/mol. The van der Waals surface area contributed by atoms with Gasteiger partial charge in [-0.05, 0) is 24.3 Å². The fourth-order valence-electron chi connectivity index (χ4n) is 2.84. The van der Waals surface area contributed by atoms with Gasteiger partial charge >= 0.3 is 0 Å². The van der Waals surface area contributed by atoms with Gasteiger partial charge in [0, 0.05) is 38.5 Å². The van der Waals surface area contributed by atoms with Crippen molar-refractivity contribution in [3.63, 3.8) is 0 Å². The first-order valence-corrected chi connectivity index (χ1v) is 8.84. The van der Waals surface area contributed by atoms with Gasteiger partial charge in [0.15, 0.2) is 11.5 Å². The van der Waals surface area contributed by atoms with E-state index in [1.807, 2.05) is 42.1 Å². The molecule has 0 spiro atoms. The van der Waals surface area contributed by atoms with E-state index in [0.29, 0.717) is 22.8 Å². The van der Waals surface area contributed by atoms with Crippen molar-refractivity contribution in [3.05, 3.63) is 54.4 Å². The second-order valence-electron chi connectivity index (χ2n) is 6.68. The lowest BCUT2D eigenvalue weighted by atomic mass is 10.1. The number of aryl methyl sites for hydroxylation is 1. The topological polar surface area (TPSA) is 116 Å². The zero-order valence-corrected chi connectivity index (χ0v) is 16.2. The first-order chi connectivity index (χ1) is 13.9. The van der Waals surface area contributed by atoms with Crippen LogP contribution >= 0.6 is 0 Å². The lowest BCUT2D eigenvalue weighted by molar-refractivity contribution is 0.0827. The number of nitrogens with zero attached hydrogens (tertiary/aromatic N) is 6. The predicted octanol–water partition coefficient (Wildman–Crippen LogP) is 2.48. The molecule has 0 unspecified atom stereocenters. The van der Waals surface area contributed by atoms with Crippen LogP contribution in [0.4, 0.5) is 5.82 Å². The highest BCUT2D eigenvalue weighted by Crippen LogP contribution is 2.28. The molecule has 0 saturated heterocycles. The monoisotopic (exact) mass is 389 g/mol. The first-order valence-electron chi connectivity index (χ1n) is 8.84. The summed E-state index contributed by atoms with van der Waals surface area (Å²) in [6.45, 7) is 0. The van der Waals surface area contributed by atoms with Gasteiger partial charge in [-0.2, -0.15) is 0 Å². The molecule has 2 N–H and O–H groups in total. The maximum Gasteiger partial charge on any atom is 0.270 e. The molecule has 29 heavy (non-hydrogen) atoms. The Morgan fingerprint density at radius 1 is 1.10 bits per heavy atom. The van der Waals surface area contributed by atoms with E-state index in [9.17, 15) is 4.79 Å². The van der Waals surface area contributed by atoms with Crippen LogP contribution in [0.1, 0.15) is 10.4 Å². The first kappa shape index (κ1) is 18.4. The van der Waals surface area contributed by atoms with Gasteiger partial charge in [-0.1, -0.05) is 12.1 Å². The summed E-state index contributed by atoms with van der Waals surface area (Å²) >= 11 is 0. The Balaban J connectivity index is 1.68. The van der Waals surface area contributed by atoms with E-state index in [1.54, 1.807) is 32.4 Å². The highest BCUT2D eigenvalue weighted by atomic mass is 16.4. The smallest absolute Gasteiger partial charge is 0.270 e. The van der Waals surface area contributed by atoms with Gasteiger partial charge in [-0.25, -0.2) is 9.97 Å². The number of benzene rings is 1. The van der Waals surface area contributed by atoms with Crippen LogP contribution in [0, 0.1) is 0 Å². The van der Waals surface area contributed by atoms with Crippen molar-refractivity contribution >= 4 is 11.7 Å². The van der Waals surface area contributed by atoms with E-state index in [2.05, 4.69) is 20.2 Å². The van der Waals surface area contributed by atoms with Gasteiger partial charge in [0.25, 0.3) is 17.7 Å². The quantitative estimate of drug-likeness (QED) is 0.570. The molecule has 0 bridgehead atoms. The Bertz CT molecular complexity index is 1180. The third kappa shape index (κ3) is 3.45. The number of hydrogen-bond donors (Lipinski definition) is 1. The molecule has 3 aromatic heterocycles. The van der Waals surface area contributed by atoms with E-state index < -0.39 is 0 Å². The second kappa shape index (κ2) is 7.19. The molecule has 0 fully saturated rings. The van der Waals surface area contributed by atoms with Crippen LogP contribution in [-0.2, 0) is 7.05 Å². The number of nitrogen functional groups attached to an aromatic ring is 1. The molecular weight excluding hydrogens is 370 g/mol. The van der Waals surface area contributed by atoms with Crippen molar-refractivity contribution in [2.45, 2.75) is 0 Å². The summed E-state index contributed by atoms with van der Waals surface area (Å²) in [6.07, 6.45) is 3.45. The minimum atomic E-state index is -0.0697. The van der Waals surface area contributed by atoms with Crippen molar-refractivity contribution in [1.29, 1.82) is 0 Å². The molecule has 0 aliphatic rings. The Hall–Kier alpha value is -4.01. The molecular formula is C20H19N7O2. The van der Waals surface area contributed by atoms with Gasteiger partial charge in [0.1, 0.15) is 5.69 Å². The zero-order chi connectivity index (χ0) is 20.5. The van der Waals surface area contributed by atoms with Crippen LogP contribution in [-0.4, -0.2) is 49.6 Å². The normalized spacial score (nSPS) is 10.9. The van der Waals surface area contributed by atoms with Crippen LogP contribution in [0.15, 0.2) is 53.2 Å². The van der Waals surface area contributed by atoms with Crippen molar-refractivity contribution in [2.75, 3.05) is 19.8 Å². The van der Waals surface area contributed by atoms with Gasteiger partial charge in [0.2, 0.25) is 0 Å². The molecule has 0 saturated carbocycles. The standard InChI is InChI=1S/C20H19N7O2/c1-26(2)20(28)13-8-6-12(7-9-13)14-11-22-17(21)16(23-14)19-25-24-18(29-19)15-5-4-10-27(15)3/h4-11H,1-3H3,(H2,21,22). The molecule has 9 heteroatoms. The fraction of sp³-hybridized carbons (Fsp3) is 0.150. The SMILES string of the molecule is CN(C)C(=O)c1ccc(-c2cnc(N)c(-c3nnc(-c4cccn4C)o3)n2)cc1. The van der Waals surface area contributed by atoms with E-state index >= 15 is 0 Å². The van der Waals surface area contributed by atoms with Crippen molar-refractivity contribution in [3.8, 4) is 34.4 Å². The average molecular weight is 389 g/mol. The average Bonchev–Trinajstić information content (AvgIpc) is 3.36. The number of carbonyl (C=O) groups is 1. The number of nitrogens with two attached hydrogens (primary N) is 1. The van der Waals surface area contributed by atoms with Crippen LogP contribution in [0.3, 0.4) is 0 Å². The number of carbonyl (C=O) groups excluding carboxylic acids is 1. The van der Waals surface area contributed by atoms with E-state index in [0.717, 1.165) is 11.3 Å². The van der Waals surface area contributed by atoms with Crippen LogP contribution < -0.4 is 5.73 Å². The molecule has 1 aromatic carbocycles. The summed E-state index contributed by atoms with van der Waals surface area (Å²) in [5.74, 6) is 0.674. The number of rotatable bonds is 4. The highest BCUT2D eigenvalue weighted by molar-refractivity contribution is 5.94. The highest BCUT2D eigenvalue weighted by Gasteiger charge is 2.18. The van der Waals surface area contributed by atoms with Crippen molar-refractivity contribution in [1.82, 2.24) is 29.6 Å². The summed E-state index contributed by atoms with van der Waals surface area (Å²) in [5.41, 5.74) is 9.05. The molecule has 9 nitrogen and oxygen atoms in total. The molecule has 3 heterocycles. The minimum absolute atomic E-state index is 0.0697. The third-order valence-corrected chi connectivity index (χ3v) is 4.43. The molecule has 4 rings (SSSR count). The summed E-state index contributed by atoms with van der Waals surface area (Å²) in [4.78, 5) is 22.3. The molecule has 0 aliphatic carbocycles. The lowest BCUT2D eigenvalue weighted by Gasteiger charge is -2.10. The molecule has 0 atom stereocenters. The van der Waals surface area contributed by atoms with Gasteiger partial charge in [-0.3, -0.25) is 4.79 Å². The lowest BCUT2D eigenvalue weighted by Crippen LogP contribution is -2.21. The summed E-state index contributed by atoms with van der Waals surface area (Å²) in [5, 5.41) is 8.16. The van der Waals surface area contributed by atoms with E-state index in [-0.39, 0.29) is 17.6 Å². The Kier molecular flexibility index (Phi) is 4.55. The molecule has 0 radical (unpaired) electrons. The molecule has 146 valence electrons. The number of hydrogen-bond acceptors (Lipinski definition) is 7. The zero-order valence-electron chi connectivity index (χ0n) is 16.2. The molecule has 1 amide bonds. The van der Waals surface area contributed by atoms with Crippen molar-refractivity contribution in [2.24, 2.45) is 7.05 Å². The third-order valence-electron chi connectivity index (χ3n) is 4.43. The van der Waals surface area contributed by atoms with Crippen LogP contribution in [0.2, 0.25) is 0 Å². The maximum atomic E-state index is 12.1. The summed E-state index contributed by atoms with van der Waals surface area (Å²) in [6, 6.07) is 10.9. The fourth-order valence-corrected chi connectivity index (χ4v) is 2.84. The summed E-state index contributed by atoms with van der Waals surface area (Å²) < 4.78 is 7.64. The van der Waals surface area contributed by atoms with Crippen LogP contribution in [0.25, 0.3) is 34.4 Å². The van der Waals surface area contributed by atoms with E-state index in [4.69, 9.17) is 10.2 Å². The second-order valence-corrected chi connectivity index (χ2v) is 6.68. The number of anilines is 1. The van der Waals surface area contributed by atoms with Gasteiger partial charge in [0.05, 0.1) is 11.9 Å². The Morgan fingerprint density at radius 2 is 1.83 bits per heavy atom. The molecule has 4 aromatic rings. The van der Waals surface area contributed by atoms with Crippen molar-refractivity contribution < 1.29 is 9.21 Å². The Morgan fingerprint density at radius 3 is 2.48 bits per heavy atom. The number of amides is 1. The number of aromatic nitrogens is 5.